The maximum Gasteiger partial charge on any atom is 0.316 e. The predicted molar refractivity (Wildman–Crippen MR) is 89.7 cm³/mol. The zero-order chi connectivity index (χ0) is 16.0. The van der Waals surface area contributed by atoms with Gasteiger partial charge >= 0.3 is 5.97 Å². The molecule has 4 heteroatoms. The first-order chi connectivity index (χ1) is 9.67. The van der Waals surface area contributed by atoms with Crippen molar-refractivity contribution in [2.45, 2.75) is 64.6 Å². The molecular weight excluding hydrogens is 282 g/mol. The van der Waals surface area contributed by atoms with Crippen molar-refractivity contribution in [3.05, 3.63) is 29.3 Å². The van der Waals surface area contributed by atoms with E-state index >= 15 is 0 Å². The minimum Gasteiger partial charge on any atom is -0.459 e. The Balaban J connectivity index is 2.54. The first-order valence-corrected chi connectivity index (χ1v) is 8.33. The largest absolute Gasteiger partial charge is 0.459 e. The Morgan fingerprint density at radius 1 is 1.33 bits per heavy atom. The molecule has 0 spiro atoms. The summed E-state index contributed by atoms with van der Waals surface area (Å²) in [7, 11) is 0. The van der Waals surface area contributed by atoms with Crippen molar-refractivity contribution in [1.82, 2.24) is 5.32 Å². The number of thioether (sulfide) groups is 1. The molecule has 0 saturated heterocycles. The number of carbonyl (C=O) groups excluding carboxylic acids is 1. The van der Waals surface area contributed by atoms with Crippen molar-refractivity contribution >= 4 is 17.7 Å². The monoisotopic (exact) mass is 309 g/mol. The maximum atomic E-state index is 11.7. The van der Waals surface area contributed by atoms with Crippen LogP contribution >= 0.6 is 11.8 Å². The van der Waals surface area contributed by atoms with Gasteiger partial charge in [-0.15, -0.1) is 11.8 Å². The van der Waals surface area contributed by atoms with Crippen molar-refractivity contribution in [2.75, 3.05) is 5.75 Å². The second-order valence-electron chi connectivity index (χ2n) is 6.50. The summed E-state index contributed by atoms with van der Waals surface area (Å²) in [5, 5.41) is 3.42. The Hall–Kier alpha value is -1.00. The SMILES string of the molecule is Cc1cc(SCC(=O)OC(C)(C)C)ccc1CNC(C)C. The molecule has 0 fully saturated rings. The van der Waals surface area contributed by atoms with E-state index in [2.05, 4.69) is 44.3 Å². The highest BCUT2D eigenvalue weighted by molar-refractivity contribution is 8.00. The van der Waals surface area contributed by atoms with Gasteiger partial charge in [-0.2, -0.15) is 0 Å². The number of rotatable bonds is 6. The first-order valence-electron chi connectivity index (χ1n) is 7.35. The van der Waals surface area contributed by atoms with Crippen LogP contribution in [0.3, 0.4) is 0 Å². The molecule has 0 aliphatic carbocycles. The van der Waals surface area contributed by atoms with Crippen LogP contribution in [0, 0.1) is 6.92 Å². The summed E-state index contributed by atoms with van der Waals surface area (Å²) in [6, 6.07) is 6.80. The molecule has 0 saturated carbocycles. The van der Waals surface area contributed by atoms with Crippen LogP contribution in [0.1, 0.15) is 45.7 Å². The number of hydrogen-bond donors (Lipinski definition) is 1. The van der Waals surface area contributed by atoms with Gasteiger partial charge in [0.15, 0.2) is 0 Å². The minimum atomic E-state index is -0.417. The van der Waals surface area contributed by atoms with Gasteiger partial charge < -0.3 is 10.1 Å². The molecule has 0 radical (unpaired) electrons. The number of nitrogens with one attached hydrogen (secondary N) is 1. The topological polar surface area (TPSA) is 38.3 Å². The Bertz CT molecular complexity index is 478. The van der Waals surface area contributed by atoms with E-state index in [4.69, 9.17) is 4.74 Å². The molecule has 3 nitrogen and oxygen atoms in total. The maximum absolute atomic E-state index is 11.7. The van der Waals surface area contributed by atoms with Gasteiger partial charge in [-0.05, 0) is 51.0 Å². The number of esters is 1. The zero-order valence-electron chi connectivity index (χ0n) is 13.9. The number of aryl methyl sites for hydroxylation is 1. The fraction of sp³-hybridized carbons (Fsp3) is 0.588. The highest BCUT2D eigenvalue weighted by Gasteiger charge is 2.16. The fourth-order valence-corrected chi connectivity index (χ4v) is 2.55. The molecule has 1 aromatic carbocycles. The molecule has 0 atom stereocenters. The second kappa shape index (κ2) is 7.85. The van der Waals surface area contributed by atoms with Crippen LogP contribution in [0.15, 0.2) is 23.1 Å². The third kappa shape index (κ3) is 7.53. The van der Waals surface area contributed by atoms with Gasteiger partial charge in [-0.1, -0.05) is 19.9 Å². The van der Waals surface area contributed by atoms with Crippen LogP contribution in [0.2, 0.25) is 0 Å². The van der Waals surface area contributed by atoms with E-state index in [1.54, 1.807) is 0 Å². The molecule has 1 N–H and O–H groups in total. The van der Waals surface area contributed by atoms with Crippen LogP contribution < -0.4 is 5.32 Å². The predicted octanol–water partition coefficient (Wildman–Crippen LogP) is 3.93. The Kier molecular flexibility index (Phi) is 6.75. The molecular formula is C17H27NO2S. The molecule has 118 valence electrons. The fourth-order valence-electron chi connectivity index (χ4n) is 1.78. The van der Waals surface area contributed by atoms with Crippen LogP contribution in [0.4, 0.5) is 0 Å². The molecule has 0 bridgehead atoms. The number of benzene rings is 1. The minimum absolute atomic E-state index is 0.171. The van der Waals surface area contributed by atoms with Crippen LogP contribution in [0.5, 0.6) is 0 Å². The number of hydrogen-bond acceptors (Lipinski definition) is 4. The Labute approximate surface area is 132 Å². The molecule has 1 rings (SSSR count). The van der Waals surface area contributed by atoms with Crippen molar-refractivity contribution in [3.8, 4) is 0 Å². The Morgan fingerprint density at radius 3 is 2.52 bits per heavy atom. The molecule has 0 aliphatic rings. The molecule has 0 heterocycles. The average molecular weight is 309 g/mol. The molecule has 0 aromatic heterocycles. The van der Waals surface area contributed by atoms with Gasteiger partial charge in [0.05, 0.1) is 5.75 Å². The molecule has 1 aromatic rings. The molecule has 21 heavy (non-hydrogen) atoms. The van der Waals surface area contributed by atoms with Crippen LogP contribution in [-0.4, -0.2) is 23.4 Å². The van der Waals surface area contributed by atoms with Gasteiger partial charge in [0.2, 0.25) is 0 Å². The molecule has 0 unspecified atom stereocenters. The van der Waals surface area contributed by atoms with E-state index in [0.717, 1.165) is 11.4 Å². The highest BCUT2D eigenvalue weighted by Crippen LogP contribution is 2.22. The number of ether oxygens (including phenoxy) is 1. The van der Waals surface area contributed by atoms with Crippen LogP contribution in [0.25, 0.3) is 0 Å². The third-order valence-corrected chi connectivity index (χ3v) is 3.76. The third-order valence-electron chi connectivity index (χ3n) is 2.79. The number of carbonyl (C=O) groups is 1. The first kappa shape index (κ1) is 18.1. The quantitative estimate of drug-likeness (QED) is 0.638. The lowest BCUT2D eigenvalue weighted by Gasteiger charge is -2.19. The lowest BCUT2D eigenvalue weighted by atomic mass is 10.1. The van der Waals surface area contributed by atoms with Gasteiger partial charge in [0.1, 0.15) is 5.60 Å². The summed E-state index contributed by atoms with van der Waals surface area (Å²) in [6.45, 7) is 12.9. The molecule has 0 amide bonds. The van der Waals surface area contributed by atoms with Gasteiger partial charge in [-0.25, -0.2) is 0 Å². The van der Waals surface area contributed by atoms with Gasteiger partial charge in [0, 0.05) is 17.5 Å². The normalized spacial score (nSPS) is 11.8. The zero-order valence-corrected chi connectivity index (χ0v) is 14.8. The lowest BCUT2D eigenvalue weighted by Crippen LogP contribution is -2.24. The van der Waals surface area contributed by atoms with Gasteiger partial charge in [-0.3, -0.25) is 4.79 Å². The van der Waals surface area contributed by atoms with Crippen molar-refractivity contribution in [3.63, 3.8) is 0 Å². The second-order valence-corrected chi connectivity index (χ2v) is 7.55. The average Bonchev–Trinajstić information content (AvgIpc) is 2.33. The van der Waals surface area contributed by atoms with Crippen LogP contribution in [-0.2, 0) is 16.1 Å². The summed E-state index contributed by atoms with van der Waals surface area (Å²) >= 11 is 1.52. The summed E-state index contributed by atoms with van der Waals surface area (Å²) in [4.78, 5) is 12.8. The highest BCUT2D eigenvalue weighted by atomic mass is 32.2. The summed E-state index contributed by atoms with van der Waals surface area (Å²) in [5.74, 6) is 0.177. The smallest absolute Gasteiger partial charge is 0.316 e. The van der Waals surface area contributed by atoms with E-state index in [0.29, 0.717) is 11.8 Å². The van der Waals surface area contributed by atoms with Gasteiger partial charge in [0.25, 0.3) is 0 Å². The molecule has 0 aliphatic heterocycles. The lowest BCUT2D eigenvalue weighted by molar-refractivity contribution is -0.151. The van der Waals surface area contributed by atoms with E-state index in [-0.39, 0.29) is 5.97 Å². The van der Waals surface area contributed by atoms with Crippen molar-refractivity contribution in [1.29, 1.82) is 0 Å². The van der Waals surface area contributed by atoms with Crippen molar-refractivity contribution in [2.24, 2.45) is 0 Å². The van der Waals surface area contributed by atoms with E-state index < -0.39 is 5.60 Å². The van der Waals surface area contributed by atoms with E-state index in [1.165, 1.54) is 22.9 Å². The summed E-state index contributed by atoms with van der Waals surface area (Å²) in [5.41, 5.74) is 2.13. The van der Waals surface area contributed by atoms with Crippen molar-refractivity contribution < 1.29 is 9.53 Å². The summed E-state index contributed by atoms with van der Waals surface area (Å²) in [6.07, 6.45) is 0. The van der Waals surface area contributed by atoms with E-state index in [1.807, 2.05) is 20.8 Å². The Morgan fingerprint density at radius 2 is 2.00 bits per heavy atom. The van der Waals surface area contributed by atoms with E-state index in [9.17, 15) is 4.79 Å². The summed E-state index contributed by atoms with van der Waals surface area (Å²) < 4.78 is 5.31. The standard InChI is InChI=1S/C17H27NO2S/c1-12(2)18-10-14-7-8-15(9-13(14)3)21-11-16(19)20-17(4,5)6/h7-9,12,18H,10-11H2,1-6H3.